The quantitative estimate of drug-likeness (QED) is 0.923. The molecule has 0 saturated heterocycles. The summed E-state index contributed by atoms with van der Waals surface area (Å²) in [6.07, 6.45) is 5.37. The van der Waals surface area contributed by atoms with E-state index in [2.05, 4.69) is 25.8 Å². The van der Waals surface area contributed by atoms with E-state index >= 15 is 0 Å². The standard InChI is InChI=1S/C16H26N2O2/c1-5-20-16(9-7-6-8-10-16)14-17-12(15(2,3)4)11-13(19)18-14/h11H,5-10H2,1-4H3,(H,17,18,19). The smallest absolute Gasteiger partial charge is 0.251 e. The largest absolute Gasteiger partial charge is 0.367 e. The predicted octanol–water partition coefficient (Wildman–Crippen LogP) is 3.26. The van der Waals surface area contributed by atoms with E-state index in [9.17, 15) is 4.79 Å². The lowest BCUT2D eigenvalue weighted by atomic mass is 9.83. The van der Waals surface area contributed by atoms with Gasteiger partial charge in [0.15, 0.2) is 0 Å². The van der Waals surface area contributed by atoms with Crippen molar-refractivity contribution in [1.29, 1.82) is 0 Å². The number of hydrogen-bond acceptors (Lipinski definition) is 3. The Hall–Kier alpha value is -1.16. The number of aromatic amines is 1. The van der Waals surface area contributed by atoms with E-state index in [4.69, 9.17) is 9.72 Å². The number of aromatic nitrogens is 2. The molecule has 0 radical (unpaired) electrons. The van der Waals surface area contributed by atoms with E-state index < -0.39 is 5.60 Å². The summed E-state index contributed by atoms with van der Waals surface area (Å²) in [6.45, 7) is 8.87. The minimum Gasteiger partial charge on any atom is -0.367 e. The summed E-state index contributed by atoms with van der Waals surface area (Å²) < 4.78 is 6.05. The molecule has 4 heteroatoms. The Bertz CT molecular complexity index is 502. The molecule has 0 aromatic carbocycles. The molecule has 0 aliphatic heterocycles. The molecule has 0 atom stereocenters. The molecule has 2 rings (SSSR count). The fraction of sp³-hybridized carbons (Fsp3) is 0.750. The van der Waals surface area contributed by atoms with Crippen molar-refractivity contribution < 1.29 is 4.74 Å². The fourth-order valence-electron chi connectivity index (χ4n) is 2.91. The van der Waals surface area contributed by atoms with Crippen LogP contribution >= 0.6 is 0 Å². The molecule has 0 bridgehead atoms. The van der Waals surface area contributed by atoms with E-state index in [1.807, 2.05) is 6.92 Å². The number of H-pyrrole nitrogens is 1. The SMILES string of the molecule is CCOC1(c2nc(C(C)(C)C)cc(=O)[nH]2)CCCCC1. The molecular weight excluding hydrogens is 252 g/mol. The number of nitrogens with one attached hydrogen (secondary N) is 1. The van der Waals surface area contributed by atoms with E-state index in [0.29, 0.717) is 6.61 Å². The molecule has 20 heavy (non-hydrogen) atoms. The third kappa shape index (κ3) is 3.11. The molecule has 1 aromatic heterocycles. The molecule has 4 nitrogen and oxygen atoms in total. The summed E-state index contributed by atoms with van der Waals surface area (Å²) in [5, 5.41) is 0. The Kier molecular flexibility index (Phi) is 4.33. The van der Waals surface area contributed by atoms with Gasteiger partial charge in [-0.2, -0.15) is 0 Å². The van der Waals surface area contributed by atoms with Crippen LogP contribution in [-0.2, 0) is 15.8 Å². The zero-order chi connectivity index (χ0) is 14.8. The van der Waals surface area contributed by atoms with Gasteiger partial charge < -0.3 is 9.72 Å². The number of ether oxygens (including phenoxy) is 1. The van der Waals surface area contributed by atoms with E-state index in [1.54, 1.807) is 6.07 Å². The summed E-state index contributed by atoms with van der Waals surface area (Å²) in [7, 11) is 0. The maximum atomic E-state index is 12.0. The van der Waals surface area contributed by atoms with Gasteiger partial charge in [-0.05, 0) is 19.8 Å². The summed E-state index contributed by atoms with van der Waals surface area (Å²) >= 11 is 0. The lowest BCUT2D eigenvalue weighted by Gasteiger charge is -2.36. The lowest BCUT2D eigenvalue weighted by Crippen LogP contribution is -2.37. The Morgan fingerprint density at radius 3 is 2.50 bits per heavy atom. The van der Waals surface area contributed by atoms with Crippen LogP contribution in [0.5, 0.6) is 0 Å². The van der Waals surface area contributed by atoms with Crippen molar-refractivity contribution >= 4 is 0 Å². The Labute approximate surface area is 121 Å². The van der Waals surface area contributed by atoms with Crippen molar-refractivity contribution in [2.24, 2.45) is 0 Å². The summed E-state index contributed by atoms with van der Waals surface area (Å²) in [4.78, 5) is 19.7. The third-order valence-electron chi connectivity index (χ3n) is 4.02. The first-order chi connectivity index (χ1) is 9.37. The Morgan fingerprint density at radius 1 is 1.30 bits per heavy atom. The van der Waals surface area contributed by atoms with Gasteiger partial charge in [-0.3, -0.25) is 4.79 Å². The molecule has 1 N–H and O–H groups in total. The van der Waals surface area contributed by atoms with Crippen molar-refractivity contribution in [3.05, 3.63) is 27.9 Å². The fourth-order valence-corrected chi connectivity index (χ4v) is 2.91. The van der Waals surface area contributed by atoms with Crippen LogP contribution in [0.25, 0.3) is 0 Å². The zero-order valence-electron chi connectivity index (χ0n) is 13.1. The normalized spacial score (nSPS) is 19.0. The van der Waals surface area contributed by atoms with Crippen LogP contribution in [0.15, 0.2) is 10.9 Å². The number of rotatable bonds is 3. The topological polar surface area (TPSA) is 55.0 Å². The maximum absolute atomic E-state index is 12.0. The molecule has 112 valence electrons. The van der Waals surface area contributed by atoms with Gasteiger partial charge in [-0.25, -0.2) is 4.98 Å². The van der Waals surface area contributed by atoms with Crippen LogP contribution < -0.4 is 5.56 Å². The third-order valence-corrected chi connectivity index (χ3v) is 4.02. The molecular formula is C16H26N2O2. The van der Waals surface area contributed by atoms with Gasteiger partial charge in [-0.1, -0.05) is 40.0 Å². The highest BCUT2D eigenvalue weighted by molar-refractivity contribution is 5.16. The minimum absolute atomic E-state index is 0.0791. The molecule has 1 aromatic rings. The number of hydrogen-bond donors (Lipinski definition) is 1. The lowest BCUT2D eigenvalue weighted by molar-refractivity contribution is -0.0770. The second kappa shape index (κ2) is 5.68. The molecule has 0 spiro atoms. The predicted molar refractivity (Wildman–Crippen MR) is 79.9 cm³/mol. The number of nitrogens with zero attached hydrogens (tertiary/aromatic N) is 1. The molecule has 1 saturated carbocycles. The first-order valence-electron chi connectivity index (χ1n) is 7.64. The van der Waals surface area contributed by atoms with Crippen LogP contribution in [0, 0.1) is 0 Å². The van der Waals surface area contributed by atoms with Gasteiger partial charge in [0.1, 0.15) is 11.4 Å². The van der Waals surface area contributed by atoms with Gasteiger partial charge in [-0.15, -0.1) is 0 Å². The summed E-state index contributed by atoms with van der Waals surface area (Å²) in [5.41, 5.74) is 0.226. The summed E-state index contributed by atoms with van der Waals surface area (Å²) in [6, 6.07) is 1.60. The maximum Gasteiger partial charge on any atom is 0.251 e. The van der Waals surface area contributed by atoms with Gasteiger partial charge in [0, 0.05) is 18.1 Å². The van der Waals surface area contributed by atoms with Crippen molar-refractivity contribution in [1.82, 2.24) is 9.97 Å². The van der Waals surface area contributed by atoms with Crippen LogP contribution in [0.2, 0.25) is 0 Å². The molecule has 0 unspecified atom stereocenters. The van der Waals surface area contributed by atoms with Gasteiger partial charge in [0.25, 0.3) is 5.56 Å². The van der Waals surface area contributed by atoms with Gasteiger partial charge in [0.05, 0.1) is 5.69 Å². The van der Waals surface area contributed by atoms with E-state index in [-0.39, 0.29) is 11.0 Å². The molecule has 0 amide bonds. The first kappa shape index (κ1) is 15.2. The summed E-state index contributed by atoms with van der Waals surface area (Å²) in [5.74, 6) is 0.719. The van der Waals surface area contributed by atoms with E-state index in [0.717, 1.165) is 37.2 Å². The molecule has 1 aliphatic rings. The van der Waals surface area contributed by atoms with Crippen LogP contribution in [0.4, 0.5) is 0 Å². The highest BCUT2D eigenvalue weighted by atomic mass is 16.5. The first-order valence-corrected chi connectivity index (χ1v) is 7.64. The van der Waals surface area contributed by atoms with Crippen LogP contribution in [0.3, 0.4) is 0 Å². The van der Waals surface area contributed by atoms with Crippen molar-refractivity contribution in [2.45, 2.75) is 70.8 Å². The highest BCUT2D eigenvalue weighted by Gasteiger charge is 2.37. The van der Waals surface area contributed by atoms with Crippen molar-refractivity contribution in [3.63, 3.8) is 0 Å². The van der Waals surface area contributed by atoms with Crippen LogP contribution in [0.1, 0.15) is 71.3 Å². The van der Waals surface area contributed by atoms with Gasteiger partial charge in [0.2, 0.25) is 0 Å². The van der Waals surface area contributed by atoms with Crippen molar-refractivity contribution in [2.75, 3.05) is 6.61 Å². The Morgan fingerprint density at radius 2 is 1.95 bits per heavy atom. The van der Waals surface area contributed by atoms with Crippen molar-refractivity contribution in [3.8, 4) is 0 Å². The van der Waals surface area contributed by atoms with Crippen LogP contribution in [-0.4, -0.2) is 16.6 Å². The van der Waals surface area contributed by atoms with E-state index in [1.165, 1.54) is 6.42 Å². The monoisotopic (exact) mass is 278 g/mol. The second-order valence-electron chi connectivity index (χ2n) is 6.72. The molecule has 1 aliphatic carbocycles. The average molecular weight is 278 g/mol. The van der Waals surface area contributed by atoms with Gasteiger partial charge >= 0.3 is 0 Å². The molecule has 1 fully saturated rings. The second-order valence-corrected chi connectivity index (χ2v) is 6.72. The average Bonchev–Trinajstić information content (AvgIpc) is 2.38. The Balaban J connectivity index is 2.48. The zero-order valence-corrected chi connectivity index (χ0v) is 13.1. The minimum atomic E-state index is -0.395. The highest BCUT2D eigenvalue weighted by Crippen LogP contribution is 2.38. The molecule has 1 heterocycles.